The van der Waals surface area contributed by atoms with E-state index in [-0.39, 0.29) is 37.7 Å². The average molecular weight is 198 g/mol. The van der Waals surface area contributed by atoms with Gasteiger partial charge in [-0.3, -0.25) is 0 Å². The first kappa shape index (κ1) is 14.7. The van der Waals surface area contributed by atoms with E-state index in [1.807, 2.05) is 0 Å². The summed E-state index contributed by atoms with van der Waals surface area (Å²) in [5.74, 6) is -3.75. The van der Waals surface area contributed by atoms with Crippen LogP contribution in [-0.4, -0.2) is 49.7 Å². The smallest absolute Gasteiger partial charge is 0.549 e. The SMILES string of the molecule is CC(C)C(C)(C(=O)[O-])C(=O)[O-].[Ca+2]. The molecule has 0 bridgehead atoms. The minimum absolute atomic E-state index is 0. The van der Waals surface area contributed by atoms with E-state index in [0.29, 0.717) is 0 Å². The molecule has 0 spiro atoms. The van der Waals surface area contributed by atoms with Crippen LogP contribution in [0.25, 0.3) is 0 Å². The molecule has 0 saturated carbocycles. The van der Waals surface area contributed by atoms with E-state index in [2.05, 4.69) is 0 Å². The van der Waals surface area contributed by atoms with Crippen LogP contribution in [-0.2, 0) is 9.59 Å². The monoisotopic (exact) mass is 198 g/mol. The van der Waals surface area contributed by atoms with E-state index >= 15 is 0 Å². The van der Waals surface area contributed by atoms with Crippen molar-refractivity contribution in [2.24, 2.45) is 11.3 Å². The maximum absolute atomic E-state index is 10.4. The number of carbonyl (C=O) groups excluding carboxylic acids is 2. The Hall–Kier alpha value is 0.200. The maximum Gasteiger partial charge on any atom is 2.00 e. The second-order valence-corrected chi connectivity index (χ2v) is 2.93. The Balaban J connectivity index is 0. The molecule has 0 unspecified atom stereocenters. The van der Waals surface area contributed by atoms with Crippen LogP contribution in [0.1, 0.15) is 20.8 Å². The van der Waals surface area contributed by atoms with Gasteiger partial charge in [0.2, 0.25) is 0 Å². The van der Waals surface area contributed by atoms with Crippen molar-refractivity contribution in [2.45, 2.75) is 20.8 Å². The molecule has 0 rings (SSSR count). The van der Waals surface area contributed by atoms with Gasteiger partial charge in [-0.05, 0) is 12.8 Å². The van der Waals surface area contributed by atoms with E-state index in [9.17, 15) is 19.8 Å². The van der Waals surface area contributed by atoms with Gasteiger partial charge in [0.1, 0.15) is 0 Å². The van der Waals surface area contributed by atoms with E-state index in [4.69, 9.17) is 0 Å². The number of hydrogen-bond donors (Lipinski definition) is 0. The fourth-order valence-electron chi connectivity index (χ4n) is 0.555. The van der Waals surface area contributed by atoms with Crippen LogP contribution in [0.4, 0.5) is 0 Å². The molecule has 0 aliphatic rings. The standard InChI is InChI=1S/C7H12O4.Ca/c1-4(2)7(3,5(8)9)6(10)11;/h4H,1-3H3,(H,8,9)(H,10,11);/q;+2/p-2. The molecule has 0 radical (unpaired) electrons. The Bertz CT molecular complexity index is 174. The molecule has 64 valence electrons. The van der Waals surface area contributed by atoms with Crippen molar-refractivity contribution < 1.29 is 19.8 Å². The Morgan fingerprint density at radius 3 is 1.42 bits per heavy atom. The summed E-state index contributed by atoms with van der Waals surface area (Å²) in [7, 11) is 0. The van der Waals surface area contributed by atoms with Crippen LogP contribution < -0.4 is 10.2 Å². The number of carboxylic acid groups (broad SMARTS) is 2. The molecule has 0 aliphatic heterocycles. The quantitative estimate of drug-likeness (QED) is 0.379. The third kappa shape index (κ3) is 2.61. The minimum Gasteiger partial charge on any atom is -0.549 e. The molecular weight excluding hydrogens is 188 g/mol. The molecule has 0 aromatic rings. The third-order valence-corrected chi connectivity index (χ3v) is 2.00. The van der Waals surface area contributed by atoms with Crippen LogP contribution in [0, 0.1) is 11.3 Å². The fourth-order valence-corrected chi connectivity index (χ4v) is 0.555. The second-order valence-electron chi connectivity index (χ2n) is 2.93. The number of rotatable bonds is 3. The summed E-state index contributed by atoms with van der Waals surface area (Å²) >= 11 is 0. The summed E-state index contributed by atoms with van der Waals surface area (Å²) in [6.07, 6.45) is 0. The molecular formula is C7H10CaO4. The summed E-state index contributed by atoms with van der Waals surface area (Å²) in [5, 5.41) is 20.7. The Morgan fingerprint density at radius 1 is 1.17 bits per heavy atom. The topological polar surface area (TPSA) is 80.3 Å². The van der Waals surface area contributed by atoms with E-state index in [1.54, 1.807) is 0 Å². The first-order valence-corrected chi connectivity index (χ1v) is 3.26. The molecule has 0 amide bonds. The molecule has 0 aliphatic carbocycles. The minimum atomic E-state index is -1.89. The Labute approximate surface area is 101 Å². The number of aliphatic carboxylic acids is 2. The zero-order valence-corrected chi connectivity index (χ0v) is 9.63. The van der Waals surface area contributed by atoms with E-state index in [1.165, 1.54) is 13.8 Å². The summed E-state index contributed by atoms with van der Waals surface area (Å²) < 4.78 is 0. The fraction of sp³-hybridized carbons (Fsp3) is 0.714. The van der Waals surface area contributed by atoms with Crippen molar-refractivity contribution in [3.8, 4) is 0 Å². The van der Waals surface area contributed by atoms with E-state index in [0.717, 1.165) is 6.92 Å². The Morgan fingerprint density at radius 2 is 1.42 bits per heavy atom. The molecule has 0 aromatic carbocycles. The molecule has 4 nitrogen and oxygen atoms in total. The van der Waals surface area contributed by atoms with Gasteiger partial charge in [-0.2, -0.15) is 0 Å². The predicted octanol–water partition coefficient (Wildman–Crippen LogP) is -2.23. The van der Waals surface area contributed by atoms with Crippen molar-refractivity contribution in [3.63, 3.8) is 0 Å². The molecule has 0 fully saturated rings. The van der Waals surface area contributed by atoms with Crippen molar-refractivity contribution in [2.75, 3.05) is 0 Å². The Kier molecular flexibility index (Phi) is 6.18. The number of hydrogen-bond acceptors (Lipinski definition) is 4. The van der Waals surface area contributed by atoms with Gasteiger partial charge in [0.25, 0.3) is 0 Å². The number of carboxylic acids is 2. The predicted molar refractivity (Wildman–Crippen MR) is 38.7 cm³/mol. The van der Waals surface area contributed by atoms with Crippen molar-refractivity contribution >= 4 is 49.7 Å². The molecule has 0 aromatic heterocycles. The molecule has 0 atom stereocenters. The van der Waals surface area contributed by atoms with Gasteiger partial charge in [-0.1, -0.05) is 13.8 Å². The normalized spacial score (nSPS) is 10.7. The zero-order chi connectivity index (χ0) is 9.23. The van der Waals surface area contributed by atoms with Gasteiger partial charge in [0, 0.05) is 5.41 Å². The summed E-state index contributed by atoms with van der Waals surface area (Å²) in [6.45, 7) is 4.07. The maximum atomic E-state index is 10.4. The summed E-state index contributed by atoms with van der Waals surface area (Å²) in [6, 6.07) is 0. The van der Waals surface area contributed by atoms with Crippen molar-refractivity contribution in [1.82, 2.24) is 0 Å². The van der Waals surface area contributed by atoms with Crippen molar-refractivity contribution in [1.29, 1.82) is 0 Å². The zero-order valence-electron chi connectivity index (χ0n) is 7.42. The van der Waals surface area contributed by atoms with Gasteiger partial charge in [-0.25, -0.2) is 0 Å². The molecule has 0 N–H and O–H groups in total. The van der Waals surface area contributed by atoms with Gasteiger partial charge in [-0.15, -0.1) is 0 Å². The first-order valence-electron chi connectivity index (χ1n) is 3.26. The number of carbonyl (C=O) groups is 2. The van der Waals surface area contributed by atoms with Gasteiger partial charge < -0.3 is 19.8 Å². The molecule has 0 heterocycles. The van der Waals surface area contributed by atoms with Crippen LogP contribution >= 0.6 is 0 Å². The van der Waals surface area contributed by atoms with Crippen LogP contribution in [0.15, 0.2) is 0 Å². The molecule has 12 heavy (non-hydrogen) atoms. The summed E-state index contributed by atoms with van der Waals surface area (Å²) in [4.78, 5) is 20.7. The first-order chi connectivity index (χ1) is 4.83. The van der Waals surface area contributed by atoms with Crippen LogP contribution in [0.3, 0.4) is 0 Å². The van der Waals surface area contributed by atoms with Gasteiger partial charge >= 0.3 is 37.7 Å². The molecule has 0 saturated heterocycles. The third-order valence-electron chi connectivity index (χ3n) is 2.00. The van der Waals surface area contributed by atoms with Crippen molar-refractivity contribution in [3.05, 3.63) is 0 Å². The van der Waals surface area contributed by atoms with Gasteiger partial charge in [0.15, 0.2) is 0 Å². The second kappa shape index (κ2) is 5.04. The largest absolute Gasteiger partial charge is 2.00 e. The van der Waals surface area contributed by atoms with Crippen LogP contribution in [0.2, 0.25) is 0 Å². The average Bonchev–Trinajstić information content (AvgIpc) is 1.84. The summed E-state index contributed by atoms with van der Waals surface area (Å²) in [5.41, 5.74) is -1.89. The molecule has 5 heteroatoms. The van der Waals surface area contributed by atoms with Gasteiger partial charge in [0.05, 0.1) is 11.9 Å². The van der Waals surface area contributed by atoms with Crippen LogP contribution in [0.5, 0.6) is 0 Å². The van der Waals surface area contributed by atoms with E-state index < -0.39 is 23.3 Å².